The molecule has 0 rings (SSSR count). The first kappa shape index (κ1) is 58.9. The van der Waals surface area contributed by atoms with Crippen molar-refractivity contribution < 1.29 is 37.3 Å². The van der Waals surface area contributed by atoms with Gasteiger partial charge >= 0.3 is 13.8 Å². The fourth-order valence-corrected chi connectivity index (χ4v) is 7.24. The minimum absolute atomic E-state index is 0.0841. The van der Waals surface area contributed by atoms with Crippen molar-refractivity contribution in [1.29, 1.82) is 0 Å². The first-order chi connectivity index (χ1) is 29.6. The fourth-order valence-electron chi connectivity index (χ4n) is 6.50. The number of hydrogen-bond acceptors (Lipinski definition) is 6. The molecule has 0 heterocycles. The number of carbonyl (C=O) groups excluding carboxylic acids is 1. The topological polar surface area (TPSA) is 91.3 Å². The van der Waals surface area contributed by atoms with Crippen molar-refractivity contribution in [3.05, 3.63) is 72.9 Å². The largest absolute Gasteiger partial charge is 0.472 e. The molecule has 0 aromatic heterocycles. The molecule has 2 atom stereocenters. The zero-order valence-electron chi connectivity index (χ0n) is 40.1. The molecule has 0 spiro atoms. The Labute approximate surface area is 376 Å². The van der Waals surface area contributed by atoms with E-state index < -0.39 is 13.9 Å². The van der Waals surface area contributed by atoms with E-state index in [1.165, 1.54) is 96.3 Å². The third-order valence-electron chi connectivity index (χ3n) is 10.3. The van der Waals surface area contributed by atoms with Gasteiger partial charge in [-0.05, 0) is 64.2 Å². The molecule has 0 bridgehead atoms. The quantitative estimate of drug-likeness (QED) is 0.0214. The van der Waals surface area contributed by atoms with Crippen LogP contribution in [0.15, 0.2) is 72.9 Å². The lowest BCUT2D eigenvalue weighted by molar-refractivity contribution is -0.870. The second kappa shape index (κ2) is 44.5. The van der Waals surface area contributed by atoms with Gasteiger partial charge in [-0.1, -0.05) is 196 Å². The maximum absolute atomic E-state index is 12.7. The molecule has 354 valence electrons. The van der Waals surface area contributed by atoms with Crippen LogP contribution >= 0.6 is 7.82 Å². The van der Waals surface area contributed by atoms with Crippen LogP contribution in [0.1, 0.15) is 194 Å². The summed E-state index contributed by atoms with van der Waals surface area (Å²) < 4.78 is 35.1. The standard InChI is InChI=1S/C52H94NO7P/c1-6-8-10-12-14-16-18-20-21-22-23-24-25-26-27-28-29-30-31-32-34-36-38-40-42-44-47-57-49-51(50-59-61(55,56)58-48-46-53(3,4)5)60-52(54)45-43-41-39-37-35-33-19-17-15-13-11-9-7-2/h8,10,14,16,20-21,23-24,26-27,29-30,51H,6-7,9,11-13,15,17-19,22,25,28,31-50H2,1-5H3/p+1/b10-8-,16-14-,21-20-,24-23-,27-26-,30-29-. The Bertz CT molecular complexity index is 1200. The van der Waals surface area contributed by atoms with Crippen LogP contribution in [0, 0.1) is 0 Å². The summed E-state index contributed by atoms with van der Waals surface area (Å²) in [7, 11) is 1.65. The van der Waals surface area contributed by atoms with Gasteiger partial charge in [-0.2, -0.15) is 0 Å². The number of esters is 1. The molecule has 61 heavy (non-hydrogen) atoms. The van der Waals surface area contributed by atoms with Gasteiger partial charge in [-0.25, -0.2) is 4.57 Å². The summed E-state index contributed by atoms with van der Waals surface area (Å²) in [6.07, 6.45) is 58.0. The van der Waals surface area contributed by atoms with Crippen LogP contribution in [0.3, 0.4) is 0 Å². The van der Waals surface area contributed by atoms with Crippen LogP contribution in [0.4, 0.5) is 0 Å². The Morgan fingerprint density at radius 2 is 0.951 bits per heavy atom. The maximum Gasteiger partial charge on any atom is 0.472 e. The molecular weight excluding hydrogens is 782 g/mol. The number of phosphoric ester groups is 1. The van der Waals surface area contributed by atoms with Crippen molar-refractivity contribution in [3.8, 4) is 0 Å². The van der Waals surface area contributed by atoms with Gasteiger partial charge in [-0.3, -0.25) is 13.8 Å². The Balaban J connectivity index is 4.15. The minimum atomic E-state index is -4.28. The molecule has 0 aliphatic carbocycles. The number of ether oxygens (including phenoxy) is 2. The summed E-state index contributed by atoms with van der Waals surface area (Å²) in [4.78, 5) is 22.9. The van der Waals surface area contributed by atoms with E-state index in [9.17, 15) is 14.3 Å². The van der Waals surface area contributed by atoms with Gasteiger partial charge in [0.1, 0.15) is 19.3 Å². The Hall–Kier alpha value is -2.06. The molecule has 0 aromatic carbocycles. The van der Waals surface area contributed by atoms with Gasteiger partial charge in [0.15, 0.2) is 0 Å². The lowest BCUT2D eigenvalue weighted by atomic mass is 10.0. The minimum Gasteiger partial charge on any atom is -0.457 e. The highest BCUT2D eigenvalue weighted by atomic mass is 31.2. The summed E-state index contributed by atoms with van der Waals surface area (Å²) in [6.45, 7) is 5.48. The predicted molar refractivity (Wildman–Crippen MR) is 261 cm³/mol. The van der Waals surface area contributed by atoms with Crippen molar-refractivity contribution in [2.45, 2.75) is 200 Å². The van der Waals surface area contributed by atoms with Crippen molar-refractivity contribution >= 4 is 13.8 Å². The summed E-state index contributed by atoms with van der Waals surface area (Å²) in [5, 5.41) is 0. The number of allylic oxidation sites excluding steroid dienone is 12. The molecule has 0 aromatic rings. The molecule has 2 unspecified atom stereocenters. The van der Waals surface area contributed by atoms with Gasteiger partial charge in [0.05, 0.1) is 34.4 Å². The number of phosphoric acid groups is 1. The van der Waals surface area contributed by atoms with E-state index in [0.717, 1.165) is 77.0 Å². The lowest BCUT2D eigenvalue weighted by Gasteiger charge is -2.24. The number of rotatable bonds is 45. The van der Waals surface area contributed by atoms with E-state index in [4.69, 9.17) is 18.5 Å². The van der Waals surface area contributed by atoms with Crippen molar-refractivity contribution in [1.82, 2.24) is 0 Å². The van der Waals surface area contributed by atoms with Crippen LogP contribution in [0.2, 0.25) is 0 Å². The van der Waals surface area contributed by atoms with Crippen LogP contribution in [0.25, 0.3) is 0 Å². The third kappa shape index (κ3) is 48.8. The molecular formula is C52H95NO7P+. The average molecular weight is 877 g/mol. The van der Waals surface area contributed by atoms with Crippen LogP contribution in [-0.4, -0.2) is 75.6 Å². The van der Waals surface area contributed by atoms with Crippen molar-refractivity contribution in [2.75, 3.05) is 54.1 Å². The normalized spacial score (nSPS) is 14.3. The molecule has 0 saturated heterocycles. The first-order valence-electron chi connectivity index (χ1n) is 24.7. The van der Waals surface area contributed by atoms with E-state index >= 15 is 0 Å². The SMILES string of the molecule is CC/C=C\C/C=C\C/C=C\C/C=C\C/C=C\C/C=C\CCCCCCCCCOCC(COP(=O)(O)OCC[N+](C)(C)C)OC(=O)CCCCCCCCCCCCCCC. The molecule has 0 amide bonds. The van der Waals surface area contributed by atoms with E-state index in [2.05, 4.69) is 86.8 Å². The van der Waals surface area contributed by atoms with Gasteiger partial charge in [0.2, 0.25) is 0 Å². The van der Waals surface area contributed by atoms with E-state index in [-0.39, 0.29) is 25.8 Å². The lowest BCUT2D eigenvalue weighted by Crippen LogP contribution is -2.37. The van der Waals surface area contributed by atoms with Gasteiger partial charge in [-0.15, -0.1) is 0 Å². The molecule has 0 aliphatic heterocycles. The predicted octanol–water partition coefficient (Wildman–Crippen LogP) is 15.1. The number of quaternary nitrogens is 1. The fraction of sp³-hybridized carbons (Fsp3) is 0.750. The molecule has 8 nitrogen and oxygen atoms in total. The van der Waals surface area contributed by atoms with Gasteiger partial charge < -0.3 is 18.9 Å². The smallest absolute Gasteiger partial charge is 0.457 e. The third-order valence-corrected chi connectivity index (χ3v) is 11.3. The number of nitrogens with zero attached hydrogens (tertiary/aromatic N) is 1. The zero-order chi connectivity index (χ0) is 44.8. The number of unbranched alkanes of at least 4 members (excludes halogenated alkanes) is 19. The van der Waals surface area contributed by atoms with E-state index in [1.807, 2.05) is 21.1 Å². The molecule has 1 N–H and O–H groups in total. The Morgan fingerprint density at radius 3 is 1.43 bits per heavy atom. The monoisotopic (exact) mass is 877 g/mol. The van der Waals surface area contributed by atoms with Crippen LogP contribution in [0.5, 0.6) is 0 Å². The van der Waals surface area contributed by atoms with E-state index in [1.54, 1.807) is 0 Å². The Morgan fingerprint density at radius 1 is 0.525 bits per heavy atom. The number of carbonyl (C=O) groups is 1. The summed E-state index contributed by atoms with van der Waals surface area (Å²) in [5.74, 6) is -0.320. The van der Waals surface area contributed by atoms with Crippen LogP contribution < -0.4 is 0 Å². The van der Waals surface area contributed by atoms with Crippen molar-refractivity contribution in [2.24, 2.45) is 0 Å². The summed E-state index contributed by atoms with van der Waals surface area (Å²) in [6, 6.07) is 0. The second-order valence-electron chi connectivity index (χ2n) is 17.5. The molecule has 9 heteroatoms. The van der Waals surface area contributed by atoms with Crippen molar-refractivity contribution in [3.63, 3.8) is 0 Å². The average Bonchev–Trinajstić information content (AvgIpc) is 3.22. The molecule has 0 aliphatic rings. The zero-order valence-corrected chi connectivity index (χ0v) is 41.0. The van der Waals surface area contributed by atoms with Gasteiger partial charge in [0.25, 0.3) is 0 Å². The second-order valence-corrected chi connectivity index (χ2v) is 18.9. The van der Waals surface area contributed by atoms with E-state index in [0.29, 0.717) is 24.1 Å². The molecule has 0 saturated carbocycles. The van der Waals surface area contributed by atoms with Gasteiger partial charge in [0, 0.05) is 13.0 Å². The summed E-state index contributed by atoms with van der Waals surface area (Å²) >= 11 is 0. The maximum atomic E-state index is 12.7. The number of hydrogen-bond donors (Lipinski definition) is 1. The highest BCUT2D eigenvalue weighted by molar-refractivity contribution is 7.47. The number of likely N-dealkylation sites (N-methyl/N-ethyl adjacent to an activating group) is 1. The molecule has 0 fully saturated rings. The first-order valence-corrected chi connectivity index (χ1v) is 26.2. The Kier molecular flexibility index (Phi) is 43.0. The summed E-state index contributed by atoms with van der Waals surface area (Å²) in [5.41, 5.74) is 0. The highest BCUT2D eigenvalue weighted by Gasteiger charge is 2.26. The molecule has 0 radical (unpaired) electrons. The highest BCUT2D eigenvalue weighted by Crippen LogP contribution is 2.43. The van der Waals surface area contributed by atoms with Crippen LogP contribution in [-0.2, 0) is 27.9 Å².